The highest BCUT2D eigenvalue weighted by molar-refractivity contribution is 5.83. The molecule has 1 heterocycles. The minimum atomic E-state index is -0.0683. The van der Waals surface area contributed by atoms with Crippen molar-refractivity contribution in [1.82, 2.24) is 4.90 Å². The number of ether oxygens (including phenoxy) is 1. The Balaban J connectivity index is 2.00. The first kappa shape index (κ1) is 15.0. The van der Waals surface area contributed by atoms with Crippen LogP contribution in [0.15, 0.2) is 24.3 Å². The van der Waals surface area contributed by atoms with Crippen LogP contribution in [0, 0.1) is 5.92 Å². The summed E-state index contributed by atoms with van der Waals surface area (Å²) in [6.07, 6.45) is 1.09. The molecule has 0 aliphatic carbocycles. The lowest BCUT2D eigenvalue weighted by molar-refractivity contribution is -0.136. The molecule has 0 N–H and O–H groups in total. The van der Waals surface area contributed by atoms with E-state index in [-0.39, 0.29) is 11.8 Å². The van der Waals surface area contributed by atoms with Gasteiger partial charge in [0.1, 0.15) is 0 Å². The zero-order valence-electron chi connectivity index (χ0n) is 12.8. The van der Waals surface area contributed by atoms with E-state index in [1.807, 2.05) is 11.8 Å². The Hall–Kier alpha value is -1.35. The maximum Gasteiger partial charge on any atom is 0.229 e. The number of nitrogens with zero attached hydrogens (tertiary/aromatic N) is 1. The van der Waals surface area contributed by atoms with Crippen LogP contribution in [0.3, 0.4) is 0 Å². The summed E-state index contributed by atoms with van der Waals surface area (Å²) in [5, 5.41) is 0. The third-order valence-electron chi connectivity index (χ3n) is 3.82. The van der Waals surface area contributed by atoms with Crippen LogP contribution in [0.2, 0.25) is 0 Å². The molecule has 3 heteroatoms. The molecule has 1 saturated heterocycles. The second-order valence-corrected chi connectivity index (χ2v) is 6.00. The number of benzene rings is 1. The highest BCUT2D eigenvalue weighted by atomic mass is 16.5. The zero-order chi connectivity index (χ0) is 14.5. The van der Waals surface area contributed by atoms with Crippen LogP contribution >= 0.6 is 0 Å². The summed E-state index contributed by atoms with van der Waals surface area (Å²) in [6.45, 7) is 9.19. The minimum absolute atomic E-state index is 0.0683. The molecule has 1 aliphatic heterocycles. The molecule has 1 fully saturated rings. The van der Waals surface area contributed by atoms with E-state index >= 15 is 0 Å². The Bertz CT molecular complexity index is 433. The van der Waals surface area contributed by atoms with Crippen molar-refractivity contribution >= 4 is 5.91 Å². The Morgan fingerprint density at radius 2 is 1.75 bits per heavy atom. The second-order valence-electron chi connectivity index (χ2n) is 6.00. The summed E-state index contributed by atoms with van der Waals surface area (Å²) in [5.74, 6) is 0.805. The van der Waals surface area contributed by atoms with Crippen LogP contribution < -0.4 is 0 Å². The lowest BCUT2D eigenvalue weighted by Crippen LogP contribution is -2.42. The molecular formula is C17H25NO2. The van der Waals surface area contributed by atoms with Crippen molar-refractivity contribution in [3.63, 3.8) is 0 Å². The molecule has 1 atom stereocenters. The first-order chi connectivity index (χ1) is 9.58. The largest absolute Gasteiger partial charge is 0.378 e. The van der Waals surface area contributed by atoms with Gasteiger partial charge in [-0.15, -0.1) is 0 Å². The first-order valence-electron chi connectivity index (χ1n) is 7.53. The van der Waals surface area contributed by atoms with Crippen molar-refractivity contribution in [2.45, 2.75) is 33.1 Å². The average Bonchev–Trinajstić information content (AvgIpc) is 2.47. The van der Waals surface area contributed by atoms with Gasteiger partial charge in [-0.2, -0.15) is 0 Å². The summed E-state index contributed by atoms with van der Waals surface area (Å²) in [4.78, 5) is 14.3. The van der Waals surface area contributed by atoms with Gasteiger partial charge in [-0.3, -0.25) is 4.79 Å². The standard InChI is InChI=1S/C17H25NO2/c1-13(2)12-15-4-6-16(7-5-15)14(3)17(19)18-8-10-20-11-9-18/h4-7,13-14H,8-12H2,1-3H3/t14-/m0/s1. The van der Waals surface area contributed by atoms with E-state index in [0.29, 0.717) is 32.2 Å². The van der Waals surface area contributed by atoms with Crippen molar-refractivity contribution in [2.24, 2.45) is 5.92 Å². The van der Waals surface area contributed by atoms with E-state index in [1.54, 1.807) is 0 Å². The lowest BCUT2D eigenvalue weighted by atomic mass is 9.96. The van der Waals surface area contributed by atoms with Gasteiger partial charge in [-0.05, 0) is 30.4 Å². The van der Waals surface area contributed by atoms with Gasteiger partial charge in [0, 0.05) is 13.1 Å². The van der Waals surface area contributed by atoms with Crippen molar-refractivity contribution in [3.8, 4) is 0 Å². The summed E-state index contributed by atoms with van der Waals surface area (Å²) < 4.78 is 5.29. The van der Waals surface area contributed by atoms with Crippen molar-refractivity contribution in [3.05, 3.63) is 35.4 Å². The SMILES string of the molecule is CC(C)Cc1ccc([C@H](C)C(=O)N2CCOCC2)cc1. The fourth-order valence-corrected chi connectivity index (χ4v) is 2.61. The predicted molar refractivity (Wildman–Crippen MR) is 80.8 cm³/mol. The summed E-state index contributed by atoms with van der Waals surface area (Å²) in [7, 11) is 0. The molecule has 1 amide bonds. The van der Waals surface area contributed by atoms with Gasteiger partial charge in [0.25, 0.3) is 0 Å². The summed E-state index contributed by atoms with van der Waals surface area (Å²) in [6, 6.07) is 8.50. The number of amides is 1. The molecule has 2 rings (SSSR count). The fourth-order valence-electron chi connectivity index (χ4n) is 2.61. The monoisotopic (exact) mass is 275 g/mol. The maximum absolute atomic E-state index is 12.4. The molecule has 20 heavy (non-hydrogen) atoms. The van der Waals surface area contributed by atoms with Gasteiger partial charge in [-0.1, -0.05) is 38.1 Å². The number of carbonyl (C=O) groups excluding carboxylic acids is 1. The van der Waals surface area contributed by atoms with E-state index in [4.69, 9.17) is 4.74 Å². The summed E-state index contributed by atoms with van der Waals surface area (Å²) in [5.41, 5.74) is 2.45. The molecule has 0 radical (unpaired) electrons. The summed E-state index contributed by atoms with van der Waals surface area (Å²) >= 11 is 0. The van der Waals surface area contributed by atoms with Crippen LogP contribution in [-0.2, 0) is 16.0 Å². The van der Waals surface area contributed by atoms with Gasteiger partial charge >= 0.3 is 0 Å². The maximum atomic E-state index is 12.4. The topological polar surface area (TPSA) is 29.5 Å². The smallest absolute Gasteiger partial charge is 0.229 e. The number of hydrogen-bond donors (Lipinski definition) is 0. The molecule has 1 aromatic rings. The lowest BCUT2D eigenvalue weighted by Gasteiger charge is -2.29. The number of hydrogen-bond acceptors (Lipinski definition) is 2. The van der Waals surface area contributed by atoms with Gasteiger partial charge in [0.15, 0.2) is 0 Å². The van der Waals surface area contributed by atoms with Crippen molar-refractivity contribution in [1.29, 1.82) is 0 Å². The molecule has 3 nitrogen and oxygen atoms in total. The molecule has 0 unspecified atom stereocenters. The Morgan fingerprint density at radius 3 is 2.30 bits per heavy atom. The predicted octanol–water partition coefficient (Wildman–Crippen LogP) is 2.85. The van der Waals surface area contributed by atoms with E-state index in [2.05, 4.69) is 38.1 Å². The highest BCUT2D eigenvalue weighted by Crippen LogP contribution is 2.20. The Kier molecular flexibility index (Phi) is 5.18. The molecule has 1 aromatic carbocycles. The third kappa shape index (κ3) is 3.83. The second kappa shape index (κ2) is 6.89. The minimum Gasteiger partial charge on any atom is -0.378 e. The van der Waals surface area contributed by atoms with E-state index in [0.717, 1.165) is 12.0 Å². The molecule has 110 valence electrons. The first-order valence-corrected chi connectivity index (χ1v) is 7.53. The van der Waals surface area contributed by atoms with E-state index in [9.17, 15) is 4.79 Å². The normalized spacial score (nSPS) is 17.3. The molecule has 0 spiro atoms. The van der Waals surface area contributed by atoms with Gasteiger partial charge in [0.2, 0.25) is 5.91 Å². The van der Waals surface area contributed by atoms with Gasteiger partial charge in [-0.25, -0.2) is 0 Å². The Morgan fingerprint density at radius 1 is 1.15 bits per heavy atom. The van der Waals surface area contributed by atoms with Crippen molar-refractivity contribution in [2.75, 3.05) is 26.3 Å². The molecule has 0 aromatic heterocycles. The number of carbonyl (C=O) groups is 1. The van der Waals surface area contributed by atoms with Crippen LogP contribution in [-0.4, -0.2) is 37.1 Å². The molecule has 0 bridgehead atoms. The van der Waals surface area contributed by atoms with Crippen LogP contribution in [0.1, 0.15) is 37.8 Å². The average molecular weight is 275 g/mol. The molecular weight excluding hydrogens is 250 g/mol. The quantitative estimate of drug-likeness (QED) is 0.845. The molecule has 0 saturated carbocycles. The molecule has 1 aliphatic rings. The van der Waals surface area contributed by atoms with E-state index in [1.165, 1.54) is 5.56 Å². The fraction of sp³-hybridized carbons (Fsp3) is 0.588. The van der Waals surface area contributed by atoms with E-state index < -0.39 is 0 Å². The van der Waals surface area contributed by atoms with Crippen LogP contribution in [0.4, 0.5) is 0 Å². The Labute approximate surface area is 121 Å². The zero-order valence-corrected chi connectivity index (χ0v) is 12.8. The highest BCUT2D eigenvalue weighted by Gasteiger charge is 2.23. The number of rotatable bonds is 4. The number of morpholine rings is 1. The third-order valence-corrected chi connectivity index (χ3v) is 3.82. The van der Waals surface area contributed by atoms with Crippen LogP contribution in [0.25, 0.3) is 0 Å². The van der Waals surface area contributed by atoms with Gasteiger partial charge in [0.05, 0.1) is 19.1 Å². The van der Waals surface area contributed by atoms with Gasteiger partial charge < -0.3 is 9.64 Å². The van der Waals surface area contributed by atoms with Crippen molar-refractivity contribution < 1.29 is 9.53 Å². The van der Waals surface area contributed by atoms with Crippen LogP contribution in [0.5, 0.6) is 0 Å².